The fourth-order valence-electron chi connectivity index (χ4n) is 3.69. The quantitative estimate of drug-likeness (QED) is 0.650. The number of hydrogen-bond donors (Lipinski definition) is 1. The van der Waals surface area contributed by atoms with Gasteiger partial charge in [0, 0.05) is 38.6 Å². The van der Waals surface area contributed by atoms with E-state index in [1.54, 1.807) is 28.0 Å². The Morgan fingerprint density at radius 3 is 2.61 bits per heavy atom. The molecule has 174 valence electrons. The smallest absolute Gasteiger partial charge is 0.410 e. The third kappa shape index (κ3) is 5.21. The third-order valence-electron chi connectivity index (χ3n) is 5.46. The van der Waals surface area contributed by atoms with Crippen LogP contribution in [0.3, 0.4) is 0 Å². The van der Waals surface area contributed by atoms with Crippen LogP contribution in [0.15, 0.2) is 43.0 Å². The third-order valence-corrected chi connectivity index (χ3v) is 5.46. The average molecular weight is 452 g/mol. The number of likely N-dealkylation sites (tertiary alicyclic amines) is 1. The molecule has 3 aromatic heterocycles. The fourth-order valence-corrected chi connectivity index (χ4v) is 3.69. The molecule has 1 fully saturated rings. The van der Waals surface area contributed by atoms with Crippen molar-refractivity contribution in [3.63, 3.8) is 0 Å². The number of amides is 2. The van der Waals surface area contributed by atoms with Gasteiger partial charge in [0.1, 0.15) is 17.0 Å². The fraction of sp³-hybridized carbons (Fsp3) is 0.435. The zero-order valence-electron chi connectivity index (χ0n) is 19.4. The highest BCUT2D eigenvalue weighted by molar-refractivity contribution is 6.00. The Balaban J connectivity index is 1.42. The van der Waals surface area contributed by atoms with Gasteiger partial charge in [0.05, 0.1) is 18.1 Å². The first-order valence-electron chi connectivity index (χ1n) is 11.0. The van der Waals surface area contributed by atoms with E-state index < -0.39 is 5.60 Å². The summed E-state index contributed by atoms with van der Waals surface area (Å²) in [6.45, 7) is 6.62. The number of pyridine rings is 1. The van der Waals surface area contributed by atoms with E-state index in [0.29, 0.717) is 43.0 Å². The van der Waals surface area contributed by atoms with Crippen molar-refractivity contribution >= 4 is 29.2 Å². The van der Waals surface area contributed by atoms with Crippen LogP contribution in [0.5, 0.6) is 0 Å². The molecule has 10 nitrogen and oxygen atoms in total. The maximum atomic E-state index is 13.0. The van der Waals surface area contributed by atoms with Crippen molar-refractivity contribution in [1.82, 2.24) is 29.8 Å². The maximum absolute atomic E-state index is 13.0. The Labute approximate surface area is 192 Å². The Kier molecular flexibility index (Phi) is 6.17. The predicted octanol–water partition coefficient (Wildman–Crippen LogP) is 3.02. The van der Waals surface area contributed by atoms with Crippen molar-refractivity contribution in [2.24, 2.45) is 0 Å². The van der Waals surface area contributed by atoms with E-state index >= 15 is 0 Å². The number of rotatable bonds is 4. The lowest BCUT2D eigenvalue weighted by molar-refractivity contribution is 0.0199. The van der Waals surface area contributed by atoms with E-state index in [9.17, 15) is 9.59 Å². The molecule has 2 amide bonds. The van der Waals surface area contributed by atoms with Gasteiger partial charge in [0.15, 0.2) is 5.65 Å². The first-order valence-corrected chi connectivity index (χ1v) is 11.0. The molecule has 1 aliphatic heterocycles. The minimum absolute atomic E-state index is 0.0348. The van der Waals surface area contributed by atoms with Gasteiger partial charge in [0.2, 0.25) is 0 Å². The van der Waals surface area contributed by atoms with Crippen molar-refractivity contribution in [3.05, 3.63) is 48.5 Å². The van der Waals surface area contributed by atoms with Crippen LogP contribution in [-0.2, 0) is 4.74 Å². The van der Waals surface area contributed by atoms with Crippen LogP contribution >= 0.6 is 0 Å². The number of carbonyl (C=O) groups excluding carboxylic acids is 2. The largest absolute Gasteiger partial charge is 0.444 e. The van der Waals surface area contributed by atoms with E-state index in [0.717, 1.165) is 5.69 Å². The Morgan fingerprint density at radius 1 is 1.18 bits per heavy atom. The van der Waals surface area contributed by atoms with Gasteiger partial charge in [-0.05, 0) is 51.8 Å². The zero-order chi connectivity index (χ0) is 23.6. The molecule has 1 saturated heterocycles. The van der Waals surface area contributed by atoms with E-state index in [1.807, 2.05) is 50.9 Å². The molecule has 33 heavy (non-hydrogen) atoms. The number of nitrogens with one attached hydrogen (secondary N) is 1. The first-order chi connectivity index (χ1) is 15.7. The standard InChI is InChI=1S/C23H29N7O3/c1-23(2,3)33-22(32)29-11-7-16(8-12-29)26-21(31)18-15-25-30-13-9-19(27-20(18)30)28(4)17-6-5-10-24-14-17/h5-6,9-10,13-16H,7-8,11-12H2,1-4H3,(H,26,31). The molecule has 0 spiro atoms. The van der Waals surface area contributed by atoms with Crippen LogP contribution in [0, 0.1) is 0 Å². The summed E-state index contributed by atoms with van der Waals surface area (Å²) in [7, 11) is 1.89. The molecule has 4 rings (SSSR count). The summed E-state index contributed by atoms with van der Waals surface area (Å²) in [5.41, 5.74) is 1.25. The number of fused-ring (bicyclic) bond motifs is 1. The van der Waals surface area contributed by atoms with Gasteiger partial charge >= 0.3 is 6.09 Å². The maximum Gasteiger partial charge on any atom is 0.410 e. The topological polar surface area (TPSA) is 105 Å². The highest BCUT2D eigenvalue weighted by Gasteiger charge is 2.28. The molecule has 1 N–H and O–H groups in total. The van der Waals surface area contributed by atoms with Crippen LogP contribution in [0.1, 0.15) is 44.0 Å². The summed E-state index contributed by atoms with van der Waals surface area (Å²) in [6, 6.07) is 5.59. The molecule has 0 aliphatic carbocycles. The number of anilines is 2. The van der Waals surface area contributed by atoms with Crippen LogP contribution in [0.25, 0.3) is 5.65 Å². The number of piperidine rings is 1. The lowest BCUT2D eigenvalue weighted by atomic mass is 10.0. The monoisotopic (exact) mass is 451 g/mol. The number of hydrogen-bond acceptors (Lipinski definition) is 7. The average Bonchev–Trinajstić information content (AvgIpc) is 3.22. The molecule has 1 aliphatic rings. The van der Waals surface area contributed by atoms with Gasteiger partial charge < -0.3 is 19.9 Å². The molecule has 0 saturated carbocycles. The predicted molar refractivity (Wildman–Crippen MR) is 124 cm³/mol. The van der Waals surface area contributed by atoms with E-state index in [1.165, 1.54) is 6.20 Å². The molecular weight excluding hydrogens is 422 g/mol. The molecule has 0 radical (unpaired) electrons. The van der Waals surface area contributed by atoms with Crippen molar-refractivity contribution in [3.8, 4) is 0 Å². The normalized spacial score (nSPS) is 14.8. The molecular formula is C23H29N7O3. The second kappa shape index (κ2) is 9.05. The second-order valence-corrected chi connectivity index (χ2v) is 9.10. The molecule has 0 aromatic carbocycles. The van der Waals surface area contributed by atoms with Crippen molar-refractivity contribution in [2.45, 2.75) is 45.3 Å². The zero-order valence-corrected chi connectivity index (χ0v) is 19.4. The van der Waals surface area contributed by atoms with Gasteiger partial charge in [-0.15, -0.1) is 0 Å². The van der Waals surface area contributed by atoms with Crippen LogP contribution < -0.4 is 10.2 Å². The van der Waals surface area contributed by atoms with Gasteiger partial charge in [-0.1, -0.05) is 0 Å². The number of aromatic nitrogens is 4. The molecule has 3 aromatic rings. The number of ether oxygens (including phenoxy) is 1. The van der Waals surface area contributed by atoms with Crippen LogP contribution in [0.4, 0.5) is 16.3 Å². The SMILES string of the molecule is CN(c1cccnc1)c1ccn2ncc(C(=O)NC3CCN(C(=O)OC(C)(C)C)CC3)c2n1. The summed E-state index contributed by atoms with van der Waals surface area (Å²) < 4.78 is 7.02. The Morgan fingerprint density at radius 2 is 1.94 bits per heavy atom. The van der Waals surface area contributed by atoms with Gasteiger partial charge in [-0.3, -0.25) is 9.78 Å². The van der Waals surface area contributed by atoms with E-state index in [-0.39, 0.29) is 18.0 Å². The minimum atomic E-state index is -0.525. The lowest BCUT2D eigenvalue weighted by Gasteiger charge is -2.33. The Hall–Kier alpha value is -3.69. The van der Waals surface area contributed by atoms with Crippen LogP contribution in [0.2, 0.25) is 0 Å². The van der Waals surface area contributed by atoms with Gasteiger partial charge in [0.25, 0.3) is 5.91 Å². The highest BCUT2D eigenvalue weighted by atomic mass is 16.6. The van der Waals surface area contributed by atoms with E-state index in [2.05, 4.69) is 20.4 Å². The van der Waals surface area contributed by atoms with E-state index in [4.69, 9.17) is 4.74 Å². The lowest BCUT2D eigenvalue weighted by Crippen LogP contribution is -2.47. The van der Waals surface area contributed by atoms with Crippen molar-refractivity contribution < 1.29 is 14.3 Å². The van der Waals surface area contributed by atoms with Gasteiger partial charge in [-0.2, -0.15) is 5.10 Å². The Bertz CT molecular complexity index is 1130. The summed E-state index contributed by atoms with van der Waals surface area (Å²) in [6.07, 6.45) is 7.77. The number of nitrogens with zero attached hydrogens (tertiary/aromatic N) is 6. The number of carbonyl (C=O) groups is 2. The first kappa shape index (κ1) is 22.5. The molecule has 0 atom stereocenters. The highest BCUT2D eigenvalue weighted by Crippen LogP contribution is 2.22. The summed E-state index contributed by atoms with van der Waals surface area (Å²) in [4.78, 5) is 37.7. The van der Waals surface area contributed by atoms with Crippen molar-refractivity contribution in [2.75, 3.05) is 25.0 Å². The second-order valence-electron chi connectivity index (χ2n) is 9.10. The molecule has 0 bridgehead atoms. The summed E-state index contributed by atoms with van der Waals surface area (Å²) in [5, 5.41) is 7.34. The molecule has 4 heterocycles. The van der Waals surface area contributed by atoms with Crippen molar-refractivity contribution in [1.29, 1.82) is 0 Å². The van der Waals surface area contributed by atoms with Crippen LogP contribution in [-0.4, -0.2) is 68.3 Å². The molecule has 10 heteroatoms. The van der Waals surface area contributed by atoms with Gasteiger partial charge in [-0.25, -0.2) is 14.3 Å². The minimum Gasteiger partial charge on any atom is -0.444 e. The summed E-state index contributed by atoms with van der Waals surface area (Å²) >= 11 is 0. The summed E-state index contributed by atoms with van der Waals surface area (Å²) in [5.74, 6) is 0.449. The molecule has 0 unspecified atom stereocenters.